The van der Waals surface area contributed by atoms with Crippen LogP contribution in [-0.2, 0) is 0 Å². The summed E-state index contributed by atoms with van der Waals surface area (Å²) in [6.45, 7) is 1.88. The molecule has 0 aromatic heterocycles. The number of benzene rings is 2. The highest BCUT2D eigenvalue weighted by molar-refractivity contribution is 6.32. The molecule has 0 saturated carbocycles. The van der Waals surface area contributed by atoms with E-state index in [1.165, 1.54) is 12.1 Å². The van der Waals surface area contributed by atoms with Crippen LogP contribution in [0.15, 0.2) is 42.5 Å². The number of nitrogens with two attached hydrogens (primary N) is 1. The Morgan fingerprint density at radius 2 is 1.83 bits per heavy atom. The molecule has 0 aliphatic carbocycles. The molecule has 0 amide bonds. The highest BCUT2D eigenvalue weighted by Gasteiger charge is 2.07. The van der Waals surface area contributed by atoms with E-state index in [0.29, 0.717) is 16.5 Å². The van der Waals surface area contributed by atoms with E-state index < -0.39 is 0 Å². The zero-order valence-corrected chi connectivity index (χ0v) is 10.6. The second kappa shape index (κ2) is 5.38. The second-order valence-corrected chi connectivity index (χ2v) is 4.44. The first-order valence-corrected chi connectivity index (χ1v) is 5.92. The standard InChI is InChI=1S/C14H13ClFNO/c1-9(17)10-2-7-14(13(15)8-10)18-12-5-3-11(16)4-6-12/h2-9H,17H2,1H3/t9-/m0/s1. The smallest absolute Gasteiger partial charge is 0.146 e. The molecule has 0 fully saturated rings. The molecular formula is C14H13ClFNO. The van der Waals surface area contributed by atoms with Gasteiger partial charge in [0.15, 0.2) is 0 Å². The quantitative estimate of drug-likeness (QED) is 0.898. The van der Waals surface area contributed by atoms with Crippen LogP contribution in [-0.4, -0.2) is 0 Å². The zero-order valence-electron chi connectivity index (χ0n) is 9.86. The molecule has 94 valence electrons. The summed E-state index contributed by atoms with van der Waals surface area (Å²) >= 11 is 6.10. The SMILES string of the molecule is C[C@H](N)c1ccc(Oc2ccc(F)cc2)c(Cl)c1. The van der Waals surface area contributed by atoms with Crippen LogP contribution in [0.3, 0.4) is 0 Å². The number of halogens is 2. The van der Waals surface area contributed by atoms with E-state index in [-0.39, 0.29) is 11.9 Å². The molecular weight excluding hydrogens is 253 g/mol. The Kier molecular flexibility index (Phi) is 3.84. The molecule has 0 unspecified atom stereocenters. The summed E-state index contributed by atoms with van der Waals surface area (Å²) in [7, 11) is 0. The Morgan fingerprint density at radius 1 is 1.17 bits per heavy atom. The van der Waals surface area contributed by atoms with E-state index in [9.17, 15) is 4.39 Å². The summed E-state index contributed by atoms with van der Waals surface area (Å²) in [5.74, 6) is 0.750. The summed E-state index contributed by atoms with van der Waals surface area (Å²) in [4.78, 5) is 0. The fourth-order valence-electron chi connectivity index (χ4n) is 1.51. The van der Waals surface area contributed by atoms with E-state index in [1.807, 2.05) is 13.0 Å². The van der Waals surface area contributed by atoms with E-state index in [4.69, 9.17) is 22.1 Å². The molecule has 2 nitrogen and oxygen atoms in total. The lowest BCUT2D eigenvalue weighted by Crippen LogP contribution is -2.04. The van der Waals surface area contributed by atoms with Crippen molar-refractivity contribution in [1.82, 2.24) is 0 Å². The molecule has 2 aromatic carbocycles. The summed E-state index contributed by atoms with van der Waals surface area (Å²) in [6, 6.07) is 11.1. The molecule has 2 N–H and O–H groups in total. The summed E-state index contributed by atoms with van der Waals surface area (Å²) in [6.07, 6.45) is 0. The van der Waals surface area contributed by atoms with E-state index in [2.05, 4.69) is 0 Å². The van der Waals surface area contributed by atoms with Crippen molar-refractivity contribution in [3.63, 3.8) is 0 Å². The molecule has 0 aliphatic heterocycles. The lowest BCUT2D eigenvalue weighted by atomic mass is 10.1. The van der Waals surface area contributed by atoms with Crippen LogP contribution in [0.1, 0.15) is 18.5 Å². The maximum Gasteiger partial charge on any atom is 0.146 e. The molecule has 0 heterocycles. The van der Waals surface area contributed by atoms with Crippen LogP contribution in [0.25, 0.3) is 0 Å². The van der Waals surface area contributed by atoms with Crippen molar-refractivity contribution in [1.29, 1.82) is 0 Å². The Morgan fingerprint density at radius 3 is 2.39 bits per heavy atom. The molecule has 0 aliphatic rings. The Labute approximate surface area is 110 Å². The van der Waals surface area contributed by atoms with Gasteiger partial charge in [0.05, 0.1) is 5.02 Å². The maximum absolute atomic E-state index is 12.8. The molecule has 2 aromatic rings. The van der Waals surface area contributed by atoms with Crippen molar-refractivity contribution in [2.45, 2.75) is 13.0 Å². The third kappa shape index (κ3) is 3.00. The van der Waals surface area contributed by atoms with Crippen LogP contribution in [0.2, 0.25) is 5.02 Å². The normalized spacial score (nSPS) is 12.2. The first kappa shape index (κ1) is 12.9. The van der Waals surface area contributed by atoms with Crippen molar-refractivity contribution >= 4 is 11.6 Å². The topological polar surface area (TPSA) is 35.2 Å². The average Bonchev–Trinajstić information content (AvgIpc) is 2.34. The number of hydrogen-bond donors (Lipinski definition) is 1. The minimum Gasteiger partial charge on any atom is -0.456 e. The first-order chi connectivity index (χ1) is 8.56. The van der Waals surface area contributed by atoms with Crippen molar-refractivity contribution in [2.24, 2.45) is 5.73 Å². The number of hydrogen-bond acceptors (Lipinski definition) is 2. The van der Waals surface area contributed by atoms with Crippen LogP contribution in [0.5, 0.6) is 11.5 Å². The molecule has 0 bridgehead atoms. The van der Waals surface area contributed by atoms with Crippen molar-refractivity contribution < 1.29 is 9.13 Å². The van der Waals surface area contributed by atoms with Gasteiger partial charge in [-0.1, -0.05) is 17.7 Å². The Bertz CT molecular complexity index is 540. The maximum atomic E-state index is 12.8. The van der Waals surface area contributed by atoms with Gasteiger partial charge in [0.2, 0.25) is 0 Å². The van der Waals surface area contributed by atoms with Crippen LogP contribution >= 0.6 is 11.6 Å². The zero-order chi connectivity index (χ0) is 13.1. The largest absolute Gasteiger partial charge is 0.456 e. The van der Waals surface area contributed by atoms with Crippen LogP contribution < -0.4 is 10.5 Å². The first-order valence-electron chi connectivity index (χ1n) is 5.54. The van der Waals surface area contributed by atoms with Gasteiger partial charge < -0.3 is 10.5 Å². The van der Waals surface area contributed by atoms with Crippen LogP contribution in [0.4, 0.5) is 4.39 Å². The highest BCUT2D eigenvalue weighted by atomic mass is 35.5. The summed E-state index contributed by atoms with van der Waals surface area (Å²) < 4.78 is 18.3. The van der Waals surface area contributed by atoms with Gasteiger partial charge in [0.1, 0.15) is 17.3 Å². The fourth-order valence-corrected chi connectivity index (χ4v) is 1.74. The molecule has 1 atom stereocenters. The van der Waals surface area contributed by atoms with Gasteiger partial charge in [-0.25, -0.2) is 4.39 Å². The monoisotopic (exact) mass is 265 g/mol. The highest BCUT2D eigenvalue weighted by Crippen LogP contribution is 2.31. The molecule has 0 spiro atoms. The summed E-state index contributed by atoms with van der Waals surface area (Å²) in [5, 5.41) is 0.481. The summed E-state index contributed by atoms with van der Waals surface area (Å²) in [5.41, 5.74) is 6.70. The van der Waals surface area contributed by atoms with Gasteiger partial charge in [0, 0.05) is 6.04 Å². The predicted octanol–water partition coefficient (Wildman–Crippen LogP) is 4.29. The minimum absolute atomic E-state index is 0.0811. The van der Waals surface area contributed by atoms with Gasteiger partial charge in [-0.3, -0.25) is 0 Å². The third-order valence-electron chi connectivity index (χ3n) is 2.52. The van der Waals surface area contributed by atoms with Crippen LogP contribution in [0, 0.1) is 5.82 Å². The average molecular weight is 266 g/mol. The molecule has 18 heavy (non-hydrogen) atoms. The molecule has 4 heteroatoms. The molecule has 2 rings (SSSR count). The van der Waals surface area contributed by atoms with Crippen molar-refractivity contribution in [3.05, 3.63) is 58.9 Å². The van der Waals surface area contributed by atoms with Gasteiger partial charge in [-0.05, 0) is 48.9 Å². The van der Waals surface area contributed by atoms with Crippen molar-refractivity contribution in [2.75, 3.05) is 0 Å². The lowest BCUT2D eigenvalue weighted by molar-refractivity contribution is 0.480. The predicted molar refractivity (Wildman–Crippen MR) is 70.5 cm³/mol. The number of rotatable bonds is 3. The lowest BCUT2D eigenvalue weighted by Gasteiger charge is -2.10. The number of ether oxygens (including phenoxy) is 1. The van der Waals surface area contributed by atoms with Gasteiger partial charge in [-0.15, -0.1) is 0 Å². The Balaban J connectivity index is 2.22. The molecule has 0 radical (unpaired) electrons. The van der Waals surface area contributed by atoms with E-state index in [1.54, 1.807) is 24.3 Å². The minimum atomic E-state index is -0.305. The van der Waals surface area contributed by atoms with E-state index in [0.717, 1.165) is 5.56 Å². The van der Waals surface area contributed by atoms with Gasteiger partial charge >= 0.3 is 0 Å². The van der Waals surface area contributed by atoms with Gasteiger partial charge in [0.25, 0.3) is 0 Å². The van der Waals surface area contributed by atoms with Gasteiger partial charge in [-0.2, -0.15) is 0 Å². The van der Waals surface area contributed by atoms with E-state index >= 15 is 0 Å². The molecule has 0 saturated heterocycles. The van der Waals surface area contributed by atoms with Crippen molar-refractivity contribution in [3.8, 4) is 11.5 Å². The third-order valence-corrected chi connectivity index (χ3v) is 2.82. The second-order valence-electron chi connectivity index (χ2n) is 4.03. The Hall–Kier alpha value is -1.58. The fraction of sp³-hybridized carbons (Fsp3) is 0.143.